The number of aromatic nitrogens is 3. The number of hydrogen-bond donors (Lipinski definition) is 1. The van der Waals surface area contributed by atoms with Gasteiger partial charge in [0.2, 0.25) is 0 Å². The Bertz CT molecular complexity index is 959. The summed E-state index contributed by atoms with van der Waals surface area (Å²) in [4.78, 5) is 10.7. The molecule has 26 heavy (non-hydrogen) atoms. The van der Waals surface area contributed by atoms with Gasteiger partial charge in [0.25, 0.3) is 0 Å². The van der Waals surface area contributed by atoms with Gasteiger partial charge in [0, 0.05) is 6.20 Å². The van der Waals surface area contributed by atoms with Crippen molar-refractivity contribution in [2.75, 3.05) is 0 Å². The molecular formula is C16H8Cl2F4IN3. The molecule has 1 unspecified atom stereocenters. The molecule has 1 aromatic carbocycles. The minimum Gasteiger partial charge on any atom is -0.337 e. The first kappa shape index (κ1) is 19.4. The fourth-order valence-electron chi connectivity index (χ4n) is 2.48. The third-order valence-corrected chi connectivity index (χ3v) is 4.71. The molecule has 0 radical (unpaired) electrons. The summed E-state index contributed by atoms with van der Waals surface area (Å²) in [6.07, 6.45) is -2.02. The Morgan fingerprint density at radius 2 is 1.69 bits per heavy atom. The molecule has 3 nitrogen and oxygen atoms in total. The van der Waals surface area contributed by atoms with E-state index in [-0.39, 0.29) is 5.02 Å². The van der Waals surface area contributed by atoms with Gasteiger partial charge in [0.1, 0.15) is 11.6 Å². The van der Waals surface area contributed by atoms with Gasteiger partial charge >= 0.3 is 6.18 Å². The summed E-state index contributed by atoms with van der Waals surface area (Å²) in [6.45, 7) is 0. The lowest BCUT2D eigenvalue weighted by Gasteiger charge is -2.18. The highest BCUT2D eigenvalue weighted by atomic mass is 127. The molecule has 0 spiro atoms. The highest BCUT2D eigenvalue weighted by Gasteiger charge is 2.36. The number of hydrogen-bond acceptors (Lipinski definition) is 2. The zero-order valence-electron chi connectivity index (χ0n) is 12.6. The van der Waals surface area contributed by atoms with Gasteiger partial charge in [-0.2, -0.15) is 13.2 Å². The number of imidazole rings is 1. The second-order valence-electron chi connectivity index (χ2n) is 5.32. The Labute approximate surface area is 168 Å². The van der Waals surface area contributed by atoms with Gasteiger partial charge in [-0.1, -0.05) is 29.3 Å². The Kier molecular flexibility index (Phi) is 5.45. The highest BCUT2D eigenvalue weighted by molar-refractivity contribution is 14.1. The van der Waals surface area contributed by atoms with Crippen LogP contribution in [0.15, 0.2) is 36.7 Å². The number of nitrogens with one attached hydrogen (secondary N) is 1. The summed E-state index contributed by atoms with van der Waals surface area (Å²) in [6, 6.07) is 5.22. The van der Waals surface area contributed by atoms with Gasteiger partial charge in [-0.3, -0.25) is 4.98 Å². The molecule has 0 bridgehead atoms. The fraction of sp³-hybridized carbons (Fsp3) is 0.125. The number of H-pyrrole nitrogens is 1. The van der Waals surface area contributed by atoms with Crippen LogP contribution in [-0.4, -0.2) is 15.0 Å². The molecule has 0 saturated carbocycles. The van der Waals surface area contributed by atoms with Crippen molar-refractivity contribution in [3.05, 3.63) is 78.9 Å². The maximum absolute atomic E-state index is 13.5. The minimum atomic E-state index is -4.66. The molecule has 0 fully saturated rings. The smallest absolute Gasteiger partial charge is 0.337 e. The molecule has 10 heteroatoms. The lowest BCUT2D eigenvalue weighted by molar-refractivity contribution is -0.141. The van der Waals surface area contributed by atoms with Gasteiger partial charge in [-0.05, 0) is 51.9 Å². The summed E-state index contributed by atoms with van der Waals surface area (Å²) < 4.78 is 52.9. The molecule has 136 valence electrons. The zero-order valence-corrected chi connectivity index (χ0v) is 16.3. The van der Waals surface area contributed by atoms with Crippen LogP contribution in [0.1, 0.15) is 28.6 Å². The standard InChI is InChI=1S/C16H8Cl2F4IN3/c17-9-3-7(1-2-11(9)19)13(15-25-6-12(23)26-15)8-4-10(18)14(24-5-8)16(20,21)22/h1-6,13H,(H,25,26). The molecule has 0 aliphatic rings. The van der Waals surface area contributed by atoms with Gasteiger partial charge in [-0.25, -0.2) is 9.37 Å². The Hall–Kier alpha value is -1.39. The summed E-state index contributed by atoms with van der Waals surface area (Å²) >= 11 is 13.7. The molecule has 2 aromatic heterocycles. The van der Waals surface area contributed by atoms with Crippen LogP contribution in [0.5, 0.6) is 0 Å². The summed E-state index contributed by atoms with van der Waals surface area (Å²) in [7, 11) is 0. The van der Waals surface area contributed by atoms with E-state index < -0.39 is 28.6 Å². The van der Waals surface area contributed by atoms with Crippen molar-refractivity contribution in [1.82, 2.24) is 15.0 Å². The van der Waals surface area contributed by atoms with Crippen LogP contribution in [0.3, 0.4) is 0 Å². The van der Waals surface area contributed by atoms with Crippen LogP contribution in [0, 0.1) is 9.52 Å². The monoisotopic (exact) mass is 515 g/mol. The lowest BCUT2D eigenvalue weighted by Crippen LogP contribution is -2.12. The number of benzene rings is 1. The number of rotatable bonds is 3. The second-order valence-corrected chi connectivity index (χ2v) is 7.30. The molecule has 1 N–H and O–H groups in total. The first-order valence-corrected chi connectivity index (χ1v) is 8.88. The summed E-state index contributed by atoms with van der Waals surface area (Å²) in [5.41, 5.74) is -0.288. The first-order valence-electron chi connectivity index (χ1n) is 7.05. The number of aromatic amines is 1. The molecule has 0 aliphatic heterocycles. The van der Waals surface area contributed by atoms with Gasteiger partial charge in [0.05, 0.1) is 25.9 Å². The van der Waals surface area contributed by atoms with Gasteiger partial charge in [-0.15, -0.1) is 0 Å². The van der Waals surface area contributed by atoms with Crippen LogP contribution >= 0.6 is 45.8 Å². The number of alkyl halides is 3. The van der Waals surface area contributed by atoms with Crippen LogP contribution in [0.2, 0.25) is 10.0 Å². The number of nitrogens with zero attached hydrogens (tertiary/aromatic N) is 2. The van der Waals surface area contributed by atoms with E-state index in [1.165, 1.54) is 24.3 Å². The molecule has 0 aliphatic carbocycles. The van der Waals surface area contributed by atoms with Crippen molar-refractivity contribution in [3.63, 3.8) is 0 Å². The molecule has 3 aromatic rings. The van der Waals surface area contributed by atoms with Crippen molar-refractivity contribution in [2.45, 2.75) is 12.1 Å². The van der Waals surface area contributed by atoms with Crippen LogP contribution < -0.4 is 0 Å². The van der Waals surface area contributed by atoms with Crippen molar-refractivity contribution in [3.8, 4) is 0 Å². The third kappa shape index (κ3) is 3.96. The molecular weight excluding hydrogens is 508 g/mol. The van der Waals surface area contributed by atoms with E-state index in [0.29, 0.717) is 17.0 Å². The predicted octanol–water partition coefficient (Wildman–Crippen LogP) is 6.05. The van der Waals surface area contributed by atoms with E-state index in [0.717, 1.165) is 9.90 Å². The molecule has 1 atom stereocenters. The first-order chi connectivity index (χ1) is 12.2. The maximum atomic E-state index is 13.5. The minimum absolute atomic E-state index is 0.111. The Morgan fingerprint density at radius 1 is 1.00 bits per heavy atom. The normalized spacial score (nSPS) is 13.0. The average molecular weight is 516 g/mol. The summed E-state index contributed by atoms with van der Waals surface area (Å²) in [5.74, 6) is -0.814. The Morgan fingerprint density at radius 3 is 2.23 bits per heavy atom. The number of pyridine rings is 1. The second kappa shape index (κ2) is 7.32. The molecule has 3 rings (SSSR count). The van der Waals surface area contributed by atoms with E-state index in [2.05, 4.69) is 15.0 Å². The van der Waals surface area contributed by atoms with Crippen LogP contribution in [0.4, 0.5) is 17.6 Å². The fourth-order valence-corrected chi connectivity index (χ4v) is 3.37. The van der Waals surface area contributed by atoms with Crippen molar-refractivity contribution >= 4 is 45.8 Å². The van der Waals surface area contributed by atoms with E-state index in [1.54, 1.807) is 6.20 Å². The SMILES string of the molecule is Fc1ccc(C(c2cnc(C(F)(F)F)c(Cl)c2)c2ncc(I)[nH]2)cc1Cl. The molecule has 0 saturated heterocycles. The van der Waals surface area contributed by atoms with Gasteiger partial charge < -0.3 is 4.98 Å². The summed E-state index contributed by atoms with van der Waals surface area (Å²) in [5, 5.41) is -0.644. The van der Waals surface area contributed by atoms with Crippen molar-refractivity contribution in [1.29, 1.82) is 0 Å². The topological polar surface area (TPSA) is 41.6 Å². The lowest BCUT2D eigenvalue weighted by atomic mass is 9.91. The molecule has 2 heterocycles. The quantitative estimate of drug-likeness (QED) is 0.340. The van der Waals surface area contributed by atoms with E-state index in [1.807, 2.05) is 22.6 Å². The van der Waals surface area contributed by atoms with E-state index >= 15 is 0 Å². The molecule has 0 amide bonds. The van der Waals surface area contributed by atoms with E-state index in [4.69, 9.17) is 23.2 Å². The largest absolute Gasteiger partial charge is 0.434 e. The van der Waals surface area contributed by atoms with E-state index in [9.17, 15) is 17.6 Å². The maximum Gasteiger partial charge on any atom is 0.434 e. The van der Waals surface area contributed by atoms with Crippen LogP contribution in [0.25, 0.3) is 0 Å². The van der Waals surface area contributed by atoms with Gasteiger partial charge in [0.15, 0.2) is 5.69 Å². The average Bonchev–Trinajstić information content (AvgIpc) is 2.96. The Balaban J connectivity index is 2.15. The predicted molar refractivity (Wildman–Crippen MR) is 97.9 cm³/mol. The zero-order chi connectivity index (χ0) is 19.1. The van der Waals surface area contributed by atoms with Crippen LogP contribution in [-0.2, 0) is 6.18 Å². The number of halogens is 7. The highest BCUT2D eigenvalue weighted by Crippen LogP contribution is 2.37. The third-order valence-electron chi connectivity index (χ3n) is 3.58. The van der Waals surface area contributed by atoms with Crippen molar-refractivity contribution in [2.24, 2.45) is 0 Å². The van der Waals surface area contributed by atoms with Crippen molar-refractivity contribution < 1.29 is 17.6 Å².